The van der Waals surface area contributed by atoms with Gasteiger partial charge in [-0.25, -0.2) is 10.1 Å². The molecule has 0 fully saturated rings. The van der Waals surface area contributed by atoms with Crippen molar-refractivity contribution >= 4 is 22.9 Å². The number of aryl methyl sites for hydroxylation is 1. The highest BCUT2D eigenvalue weighted by Gasteiger charge is 2.15. The van der Waals surface area contributed by atoms with E-state index in [1.54, 1.807) is 31.2 Å². The van der Waals surface area contributed by atoms with Gasteiger partial charge in [-0.3, -0.25) is 9.59 Å². The van der Waals surface area contributed by atoms with Crippen LogP contribution in [0.3, 0.4) is 0 Å². The third kappa shape index (κ3) is 4.20. The summed E-state index contributed by atoms with van der Waals surface area (Å²) in [5.41, 5.74) is 2.73. The Kier molecular flexibility index (Phi) is 5.73. The Labute approximate surface area is 158 Å². The number of hydrogen-bond donors (Lipinski definition) is 1. The minimum Gasteiger partial charge on any atom is -0.435 e. The second-order valence-electron chi connectivity index (χ2n) is 5.66. The summed E-state index contributed by atoms with van der Waals surface area (Å²) in [6.07, 6.45) is 1.35. The number of carbonyl (C=O) groups is 1. The Morgan fingerprint density at radius 1 is 1.21 bits per heavy atom. The fourth-order valence-electron chi connectivity index (χ4n) is 2.57. The molecule has 0 saturated carbocycles. The maximum absolute atomic E-state index is 12.5. The summed E-state index contributed by atoms with van der Waals surface area (Å²) >= 11 is 0. The number of benzene rings is 2. The average Bonchev–Trinajstić information content (AvgIpc) is 2.69. The van der Waals surface area contributed by atoms with Gasteiger partial charge >= 0.3 is 6.61 Å². The van der Waals surface area contributed by atoms with Gasteiger partial charge < -0.3 is 4.74 Å². The van der Waals surface area contributed by atoms with Crippen molar-refractivity contribution in [3.8, 4) is 5.75 Å². The van der Waals surface area contributed by atoms with Crippen LogP contribution in [0, 0.1) is 0 Å². The average molecular weight is 386 g/mol. The molecule has 0 bridgehead atoms. The summed E-state index contributed by atoms with van der Waals surface area (Å²) in [5, 5.41) is 8.79. The highest BCUT2D eigenvalue weighted by Crippen LogP contribution is 2.14. The lowest BCUT2D eigenvalue weighted by molar-refractivity contribution is -0.0498. The van der Waals surface area contributed by atoms with Crippen molar-refractivity contribution in [3.63, 3.8) is 0 Å². The molecule has 3 rings (SSSR count). The number of aromatic nitrogens is 2. The first-order chi connectivity index (χ1) is 13.5. The Morgan fingerprint density at radius 2 is 1.89 bits per heavy atom. The zero-order valence-electron chi connectivity index (χ0n) is 14.8. The molecule has 7 nitrogen and oxygen atoms in total. The van der Waals surface area contributed by atoms with Crippen molar-refractivity contribution in [3.05, 3.63) is 70.1 Å². The Bertz CT molecular complexity index is 1080. The van der Waals surface area contributed by atoms with Crippen LogP contribution in [0.5, 0.6) is 5.75 Å². The predicted molar refractivity (Wildman–Crippen MR) is 99.8 cm³/mol. The first-order valence-electron chi connectivity index (χ1n) is 8.37. The lowest BCUT2D eigenvalue weighted by Crippen LogP contribution is -2.28. The van der Waals surface area contributed by atoms with Crippen molar-refractivity contribution in [2.24, 2.45) is 5.10 Å². The van der Waals surface area contributed by atoms with Crippen LogP contribution < -0.4 is 15.7 Å². The molecular formula is C19H16F2N4O3. The molecular weight excluding hydrogens is 370 g/mol. The van der Waals surface area contributed by atoms with Gasteiger partial charge in [0.15, 0.2) is 5.69 Å². The van der Waals surface area contributed by atoms with Gasteiger partial charge in [-0.15, -0.1) is 0 Å². The molecule has 144 valence electrons. The normalized spacial score (nSPS) is 11.3. The van der Waals surface area contributed by atoms with E-state index < -0.39 is 12.5 Å². The Balaban J connectivity index is 1.79. The molecule has 0 aliphatic rings. The number of halogens is 2. The fourth-order valence-corrected chi connectivity index (χ4v) is 2.57. The molecule has 2 aromatic carbocycles. The van der Waals surface area contributed by atoms with Crippen LogP contribution in [0.1, 0.15) is 23.0 Å². The van der Waals surface area contributed by atoms with E-state index in [1.165, 1.54) is 35.2 Å². The third-order valence-electron chi connectivity index (χ3n) is 3.87. The lowest BCUT2D eigenvalue weighted by atomic mass is 10.1. The van der Waals surface area contributed by atoms with E-state index in [2.05, 4.69) is 20.4 Å². The first-order valence-corrected chi connectivity index (χ1v) is 8.37. The number of nitrogens with one attached hydrogen (secondary N) is 1. The monoisotopic (exact) mass is 386 g/mol. The number of carbonyl (C=O) groups excluding carboxylic acids is 1. The molecule has 1 aromatic heterocycles. The number of fused-ring (bicyclic) bond motifs is 1. The highest BCUT2D eigenvalue weighted by molar-refractivity contribution is 6.04. The zero-order chi connectivity index (χ0) is 20.1. The van der Waals surface area contributed by atoms with E-state index in [1.807, 2.05) is 0 Å². The number of hydrazone groups is 1. The van der Waals surface area contributed by atoms with Crippen molar-refractivity contribution in [2.75, 3.05) is 0 Å². The van der Waals surface area contributed by atoms with Gasteiger partial charge in [-0.2, -0.15) is 19.0 Å². The maximum Gasteiger partial charge on any atom is 0.387 e. The summed E-state index contributed by atoms with van der Waals surface area (Å²) < 4.78 is 29.8. The van der Waals surface area contributed by atoms with Crippen LogP contribution in [0.2, 0.25) is 0 Å². The highest BCUT2D eigenvalue weighted by atomic mass is 19.3. The SMILES string of the molecule is CCn1nc(C(=O)N/N=C/c2ccc(OC(F)F)cc2)c2ccccc2c1=O. The quantitative estimate of drug-likeness (QED) is 0.521. The van der Waals surface area contributed by atoms with Gasteiger partial charge in [-0.05, 0) is 42.8 Å². The van der Waals surface area contributed by atoms with Gasteiger partial charge in [0.2, 0.25) is 0 Å². The number of amides is 1. The molecule has 0 spiro atoms. The summed E-state index contributed by atoms with van der Waals surface area (Å²) in [5.74, 6) is -0.555. The smallest absolute Gasteiger partial charge is 0.387 e. The van der Waals surface area contributed by atoms with Gasteiger partial charge in [0.1, 0.15) is 5.75 Å². The minimum atomic E-state index is -2.90. The van der Waals surface area contributed by atoms with E-state index in [0.717, 1.165) is 0 Å². The number of rotatable bonds is 6. The molecule has 1 amide bonds. The van der Waals surface area contributed by atoms with E-state index in [4.69, 9.17) is 0 Å². The van der Waals surface area contributed by atoms with Gasteiger partial charge in [0.05, 0.1) is 11.6 Å². The second-order valence-corrected chi connectivity index (χ2v) is 5.66. The number of nitrogens with zero attached hydrogens (tertiary/aromatic N) is 3. The molecule has 0 aliphatic heterocycles. The van der Waals surface area contributed by atoms with Gasteiger partial charge in [0.25, 0.3) is 11.5 Å². The predicted octanol–water partition coefficient (Wildman–Crippen LogP) is 2.78. The van der Waals surface area contributed by atoms with Crippen LogP contribution in [0.15, 0.2) is 58.4 Å². The zero-order valence-corrected chi connectivity index (χ0v) is 14.8. The van der Waals surface area contributed by atoms with E-state index >= 15 is 0 Å². The molecule has 0 atom stereocenters. The van der Waals surface area contributed by atoms with Crippen LogP contribution >= 0.6 is 0 Å². The van der Waals surface area contributed by atoms with Gasteiger partial charge in [-0.1, -0.05) is 18.2 Å². The second kappa shape index (κ2) is 8.38. The Morgan fingerprint density at radius 3 is 2.54 bits per heavy atom. The van der Waals surface area contributed by atoms with Crippen molar-refractivity contribution in [2.45, 2.75) is 20.1 Å². The topological polar surface area (TPSA) is 85.6 Å². The molecule has 0 radical (unpaired) electrons. The molecule has 0 saturated heterocycles. The largest absolute Gasteiger partial charge is 0.435 e. The molecule has 0 aliphatic carbocycles. The molecule has 0 unspecified atom stereocenters. The molecule has 1 heterocycles. The maximum atomic E-state index is 12.5. The minimum absolute atomic E-state index is 0.0219. The first kappa shape index (κ1) is 19.2. The van der Waals surface area contributed by atoms with Crippen molar-refractivity contribution < 1.29 is 18.3 Å². The van der Waals surface area contributed by atoms with Gasteiger partial charge in [0, 0.05) is 11.9 Å². The number of ether oxygens (including phenoxy) is 1. The summed E-state index contributed by atoms with van der Waals surface area (Å²) in [4.78, 5) is 24.8. The summed E-state index contributed by atoms with van der Waals surface area (Å²) in [6.45, 7) is -0.822. The van der Waals surface area contributed by atoms with E-state index in [9.17, 15) is 18.4 Å². The molecule has 28 heavy (non-hydrogen) atoms. The van der Waals surface area contributed by atoms with Crippen LogP contribution in [-0.4, -0.2) is 28.5 Å². The molecule has 1 N–H and O–H groups in total. The van der Waals surface area contributed by atoms with Crippen molar-refractivity contribution in [1.82, 2.24) is 15.2 Å². The molecule has 3 aromatic rings. The third-order valence-corrected chi connectivity index (χ3v) is 3.87. The standard InChI is InChI=1S/C19H16F2N4O3/c1-2-25-18(27)15-6-4-3-5-14(15)16(24-25)17(26)23-22-11-12-7-9-13(10-8-12)28-19(20)21/h3-11,19H,2H2,1H3,(H,23,26)/b22-11+. The van der Waals surface area contributed by atoms with E-state index in [0.29, 0.717) is 22.9 Å². The fraction of sp³-hybridized carbons (Fsp3) is 0.158. The van der Waals surface area contributed by atoms with Crippen LogP contribution in [0.25, 0.3) is 10.8 Å². The van der Waals surface area contributed by atoms with Crippen LogP contribution in [-0.2, 0) is 6.54 Å². The number of alkyl halides is 2. The summed E-state index contributed by atoms with van der Waals surface area (Å²) in [6, 6.07) is 12.5. The van der Waals surface area contributed by atoms with Crippen molar-refractivity contribution in [1.29, 1.82) is 0 Å². The number of hydrogen-bond acceptors (Lipinski definition) is 5. The Hall–Kier alpha value is -3.62. The van der Waals surface area contributed by atoms with Crippen LogP contribution in [0.4, 0.5) is 8.78 Å². The van der Waals surface area contributed by atoms with E-state index in [-0.39, 0.29) is 17.0 Å². The summed E-state index contributed by atoms with van der Waals surface area (Å²) in [7, 11) is 0. The lowest BCUT2D eigenvalue weighted by Gasteiger charge is -2.08. The molecule has 9 heteroatoms.